The van der Waals surface area contributed by atoms with Gasteiger partial charge >= 0.3 is 6.01 Å². The van der Waals surface area contributed by atoms with Crippen molar-refractivity contribution in [3.8, 4) is 6.01 Å². The molecular weight excluding hydrogens is 258 g/mol. The number of aryl methyl sites for hydroxylation is 1. The number of nitrogens with zero attached hydrogens (tertiary/aromatic N) is 5. The summed E-state index contributed by atoms with van der Waals surface area (Å²) in [5.74, 6) is 1.02. The van der Waals surface area contributed by atoms with Crippen molar-refractivity contribution in [2.45, 2.75) is 19.9 Å². The van der Waals surface area contributed by atoms with Crippen LogP contribution in [0.2, 0.25) is 0 Å². The van der Waals surface area contributed by atoms with Gasteiger partial charge in [-0.1, -0.05) is 0 Å². The summed E-state index contributed by atoms with van der Waals surface area (Å²) >= 11 is 0. The third kappa shape index (κ3) is 4.08. The van der Waals surface area contributed by atoms with Crippen LogP contribution in [0.15, 0.2) is 18.5 Å². The molecule has 0 radical (unpaired) electrons. The zero-order valence-corrected chi connectivity index (χ0v) is 11.7. The normalized spacial score (nSPS) is 10.3. The highest BCUT2D eigenvalue weighted by Gasteiger charge is 2.05. The molecule has 0 aliphatic heterocycles. The summed E-state index contributed by atoms with van der Waals surface area (Å²) in [6.07, 6.45) is 4.63. The molecule has 0 saturated carbocycles. The predicted octanol–water partition coefficient (Wildman–Crippen LogP) is 1.01. The third-order valence-electron chi connectivity index (χ3n) is 2.54. The first kappa shape index (κ1) is 14.0. The fraction of sp³-hybridized carbons (Fsp3) is 0.500. The molecule has 8 heteroatoms. The van der Waals surface area contributed by atoms with Gasteiger partial charge in [-0.25, -0.2) is 0 Å². The van der Waals surface area contributed by atoms with E-state index in [1.165, 1.54) is 7.11 Å². The molecule has 2 N–H and O–H groups in total. The molecule has 2 heterocycles. The molecule has 0 spiro atoms. The van der Waals surface area contributed by atoms with Crippen molar-refractivity contribution in [3.63, 3.8) is 0 Å². The number of aromatic nitrogens is 5. The number of nitrogens with one attached hydrogen (secondary N) is 2. The molecule has 0 saturated heterocycles. The van der Waals surface area contributed by atoms with Crippen LogP contribution >= 0.6 is 0 Å². The van der Waals surface area contributed by atoms with Crippen LogP contribution in [0, 0.1) is 0 Å². The molecular formula is C12H19N7O. The van der Waals surface area contributed by atoms with Crippen LogP contribution in [-0.2, 0) is 6.54 Å². The Bertz CT molecular complexity index is 515. The van der Waals surface area contributed by atoms with E-state index in [0.29, 0.717) is 17.9 Å². The number of hydrogen-bond acceptors (Lipinski definition) is 7. The maximum Gasteiger partial charge on any atom is 0.322 e. The van der Waals surface area contributed by atoms with Crippen LogP contribution in [0.4, 0.5) is 11.9 Å². The second kappa shape index (κ2) is 7.27. The summed E-state index contributed by atoms with van der Waals surface area (Å²) in [7, 11) is 1.53. The van der Waals surface area contributed by atoms with E-state index in [1.807, 2.05) is 23.9 Å². The minimum Gasteiger partial charge on any atom is -0.467 e. The van der Waals surface area contributed by atoms with Gasteiger partial charge in [0.1, 0.15) is 0 Å². The zero-order valence-electron chi connectivity index (χ0n) is 11.7. The lowest BCUT2D eigenvalue weighted by Gasteiger charge is -2.08. The summed E-state index contributed by atoms with van der Waals surface area (Å²) in [5, 5.41) is 10.3. The molecule has 0 aliphatic rings. The van der Waals surface area contributed by atoms with E-state index in [9.17, 15) is 0 Å². The van der Waals surface area contributed by atoms with Gasteiger partial charge in [-0.15, -0.1) is 0 Å². The van der Waals surface area contributed by atoms with Gasteiger partial charge in [0, 0.05) is 32.0 Å². The van der Waals surface area contributed by atoms with Crippen molar-refractivity contribution in [2.24, 2.45) is 0 Å². The first-order chi connectivity index (χ1) is 9.81. The van der Waals surface area contributed by atoms with Gasteiger partial charge < -0.3 is 15.4 Å². The number of methoxy groups -OCH3 is 1. The van der Waals surface area contributed by atoms with Crippen LogP contribution in [0.5, 0.6) is 6.01 Å². The van der Waals surface area contributed by atoms with Gasteiger partial charge in [0.15, 0.2) is 0 Å². The fourth-order valence-corrected chi connectivity index (χ4v) is 1.64. The van der Waals surface area contributed by atoms with Crippen molar-refractivity contribution in [1.29, 1.82) is 0 Å². The smallest absolute Gasteiger partial charge is 0.322 e. The van der Waals surface area contributed by atoms with Crippen LogP contribution in [-0.4, -0.2) is 44.9 Å². The van der Waals surface area contributed by atoms with Gasteiger partial charge in [0.2, 0.25) is 11.9 Å². The predicted molar refractivity (Wildman–Crippen MR) is 75.9 cm³/mol. The van der Waals surface area contributed by atoms with Gasteiger partial charge in [-0.2, -0.15) is 20.1 Å². The zero-order chi connectivity index (χ0) is 14.2. The summed E-state index contributed by atoms with van der Waals surface area (Å²) in [5.41, 5.74) is 0. The molecule has 2 aromatic heterocycles. The summed E-state index contributed by atoms with van der Waals surface area (Å²) < 4.78 is 6.94. The van der Waals surface area contributed by atoms with Crippen LogP contribution in [0.3, 0.4) is 0 Å². The van der Waals surface area contributed by atoms with Crippen LogP contribution in [0.25, 0.3) is 0 Å². The SMILES string of the molecule is CCNc1nc(NCCCn2cccn2)nc(OC)n1. The Morgan fingerprint density at radius 1 is 1.20 bits per heavy atom. The Balaban J connectivity index is 1.86. The Morgan fingerprint density at radius 2 is 2.00 bits per heavy atom. The molecule has 108 valence electrons. The van der Waals surface area contributed by atoms with Crippen LogP contribution < -0.4 is 15.4 Å². The lowest BCUT2D eigenvalue weighted by Crippen LogP contribution is -2.12. The van der Waals surface area contributed by atoms with E-state index in [2.05, 4.69) is 30.7 Å². The Hall–Kier alpha value is -2.38. The Morgan fingerprint density at radius 3 is 2.65 bits per heavy atom. The van der Waals surface area contributed by atoms with E-state index < -0.39 is 0 Å². The van der Waals surface area contributed by atoms with Gasteiger partial charge in [-0.3, -0.25) is 4.68 Å². The lowest BCUT2D eigenvalue weighted by molar-refractivity contribution is 0.379. The standard InChI is InChI=1S/C12H19N7O/c1-3-13-10-16-11(18-12(17-10)20-2)14-6-4-8-19-9-5-7-15-19/h5,7,9H,3-4,6,8H2,1-2H3,(H2,13,14,16,17,18). The molecule has 2 rings (SSSR count). The summed E-state index contributed by atoms with van der Waals surface area (Å²) in [6.45, 7) is 4.32. The maximum atomic E-state index is 5.05. The van der Waals surface area contributed by atoms with Crippen molar-refractivity contribution >= 4 is 11.9 Å². The molecule has 0 aliphatic carbocycles. The van der Waals surface area contributed by atoms with Crippen molar-refractivity contribution in [1.82, 2.24) is 24.7 Å². The first-order valence-corrected chi connectivity index (χ1v) is 6.57. The van der Waals surface area contributed by atoms with E-state index >= 15 is 0 Å². The second-order valence-electron chi connectivity index (χ2n) is 4.05. The Labute approximate surface area is 117 Å². The fourth-order valence-electron chi connectivity index (χ4n) is 1.64. The molecule has 0 atom stereocenters. The van der Waals surface area contributed by atoms with Crippen molar-refractivity contribution in [3.05, 3.63) is 18.5 Å². The van der Waals surface area contributed by atoms with E-state index in [-0.39, 0.29) is 0 Å². The minimum absolute atomic E-state index is 0.297. The number of ether oxygens (including phenoxy) is 1. The Kier molecular flexibility index (Phi) is 5.10. The molecule has 0 bridgehead atoms. The molecule has 20 heavy (non-hydrogen) atoms. The van der Waals surface area contributed by atoms with Crippen molar-refractivity contribution in [2.75, 3.05) is 30.8 Å². The third-order valence-corrected chi connectivity index (χ3v) is 2.54. The number of anilines is 2. The highest BCUT2D eigenvalue weighted by Crippen LogP contribution is 2.10. The number of hydrogen-bond donors (Lipinski definition) is 2. The highest BCUT2D eigenvalue weighted by molar-refractivity contribution is 5.35. The molecule has 2 aromatic rings. The van der Waals surface area contributed by atoms with Gasteiger partial charge in [0.05, 0.1) is 7.11 Å². The maximum absolute atomic E-state index is 5.05. The van der Waals surface area contributed by atoms with E-state index in [0.717, 1.165) is 26.1 Å². The largest absolute Gasteiger partial charge is 0.467 e. The summed E-state index contributed by atoms with van der Waals surface area (Å²) in [4.78, 5) is 12.5. The highest BCUT2D eigenvalue weighted by atomic mass is 16.5. The minimum atomic E-state index is 0.297. The molecule has 0 fully saturated rings. The van der Waals surface area contributed by atoms with E-state index in [4.69, 9.17) is 4.74 Å². The molecule has 0 amide bonds. The molecule has 0 unspecified atom stereocenters. The second-order valence-corrected chi connectivity index (χ2v) is 4.05. The average molecular weight is 277 g/mol. The topological polar surface area (TPSA) is 89.8 Å². The van der Waals surface area contributed by atoms with Gasteiger partial charge in [-0.05, 0) is 19.4 Å². The van der Waals surface area contributed by atoms with Crippen molar-refractivity contribution < 1.29 is 4.74 Å². The summed E-state index contributed by atoms with van der Waals surface area (Å²) in [6, 6.07) is 2.21. The van der Waals surface area contributed by atoms with Crippen LogP contribution in [0.1, 0.15) is 13.3 Å². The first-order valence-electron chi connectivity index (χ1n) is 6.57. The van der Waals surface area contributed by atoms with E-state index in [1.54, 1.807) is 6.20 Å². The quantitative estimate of drug-likeness (QED) is 0.696. The molecule has 0 aromatic carbocycles. The van der Waals surface area contributed by atoms with Gasteiger partial charge in [0.25, 0.3) is 0 Å². The average Bonchev–Trinajstić information content (AvgIpc) is 2.97. The monoisotopic (exact) mass is 277 g/mol. The number of rotatable bonds is 8. The lowest BCUT2D eigenvalue weighted by atomic mass is 10.4. The molecule has 8 nitrogen and oxygen atoms in total.